The molecule has 0 radical (unpaired) electrons. The minimum absolute atomic E-state index is 0.284. The molecule has 0 unspecified atom stereocenters. The van der Waals surface area contributed by atoms with E-state index in [2.05, 4.69) is 0 Å². The van der Waals surface area contributed by atoms with Crippen molar-refractivity contribution in [3.63, 3.8) is 0 Å². The van der Waals surface area contributed by atoms with Crippen LogP contribution in [-0.2, 0) is 4.74 Å². The lowest BCUT2D eigenvalue weighted by Gasteiger charge is -2.29. The second kappa shape index (κ2) is 4.91. The van der Waals surface area contributed by atoms with E-state index in [1.165, 1.54) is 0 Å². The summed E-state index contributed by atoms with van der Waals surface area (Å²) in [4.78, 5) is 13.4. The molecule has 4 nitrogen and oxygen atoms in total. The summed E-state index contributed by atoms with van der Waals surface area (Å²) in [5, 5.41) is 9.39. The van der Waals surface area contributed by atoms with Gasteiger partial charge in [0, 0.05) is 13.1 Å². The first-order valence-corrected chi connectivity index (χ1v) is 5.64. The number of nitrogens with zero attached hydrogens (tertiary/aromatic N) is 1. The molecule has 1 amide bonds. The maximum Gasteiger partial charge on any atom is 0.410 e. The van der Waals surface area contributed by atoms with E-state index in [9.17, 15) is 9.82 Å². The van der Waals surface area contributed by atoms with Crippen LogP contribution in [0.15, 0.2) is 11.5 Å². The Hall–Kier alpha value is -0.965. The van der Waals surface area contributed by atoms with Crippen molar-refractivity contribution in [1.29, 1.82) is 0 Å². The predicted octanol–water partition coefficient (Wildman–Crippen LogP) is 1.71. The second-order valence-electron chi connectivity index (χ2n) is 5.13. The summed E-state index contributed by atoms with van der Waals surface area (Å²) in [6.45, 7) is 8.03. The maximum absolute atomic E-state index is 11.7. The number of hydrogen-bond donors (Lipinski definition) is 1. The van der Waals surface area contributed by atoms with E-state index in [1.807, 2.05) is 26.8 Å². The van der Waals surface area contributed by atoms with Gasteiger partial charge in [-0.05, 0) is 27.2 Å². The van der Waals surface area contributed by atoms with Crippen LogP contribution in [0.4, 0.5) is 4.79 Å². The van der Waals surface area contributed by atoms with Crippen LogP contribution in [-0.4, -0.2) is 41.6 Å². The van der Waals surface area contributed by atoms with Gasteiger partial charge in [0.2, 0.25) is 0 Å². The molecule has 1 rings (SSSR count). The van der Waals surface area contributed by atoms with Crippen LogP contribution < -0.4 is 0 Å². The zero-order valence-corrected chi connectivity index (χ0v) is 10.5. The van der Waals surface area contributed by atoms with Gasteiger partial charge in [0.25, 0.3) is 0 Å². The first-order valence-electron chi connectivity index (χ1n) is 5.64. The Morgan fingerprint density at radius 1 is 1.56 bits per heavy atom. The molecule has 0 atom stereocenters. The third-order valence-corrected chi connectivity index (χ3v) is 2.43. The van der Waals surface area contributed by atoms with Crippen molar-refractivity contribution in [2.24, 2.45) is 0 Å². The van der Waals surface area contributed by atoms with Crippen LogP contribution in [0.2, 0.25) is 6.82 Å². The summed E-state index contributed by atoms with van der Waals surface area (Å²) < 4.78 is 5.27. The van der Waals surface area contributed by atoms with Gasteiger partial charge >= 0.3 is 13.0 Å². The number of amides is 1. The molecule has 1 N–H and O–H groups in total. The van der Waals surface area contributed by atoms with Crippen molar-refractivity contribution in [2.75, 3.05) is 13.1 Å². The number of carbonyl (C=O) groups is 1. The van der Waals surface area contributed by atoms with Gasteiger partial charge in [-0.15, -0.1) is 0 Å². The Morgan fingerprint density at radius 2 is 2.19 bits per heavy atom. The fraction of sp³-hybridized carbons (Fsp3) is 0.727. The van der Waals surface area contributed by atoms with Crippen molar-refractivity contribution in [2.45, 2.75) is 39.6 Å². The molecule has 0 aliphatic carbocycles. The van der Waals surface area contributed by atoms with Gasteiger partial charge in [0.1, 0.15) is 5.60 Å². The van der Waals surface area contributed by atoms with E-state index >= 15 is 0 Å². The molecule has 5 heteroatoms. The highest BCUT2D eigenvalue weighted by molar-refractivity contribution is 6.57. The highest BCUT2D eigenvalue weighted by Gasteiger charge is 2.24. The lowest BCUT2D eigenvalue weighted by Crippen LogP contribution is -2.40. The van der Waals surface area contributed by atoms with Gasteiger partial charge < -0.3 is 14.7 Å². The van der Waals surface area contributed by atoms with Crippen LogP contribution in [0, 0.1) is 0 Å². The first-order chi connectivity index (χ1) is 7.29. The lowest BCUT2D eigenvalue weighted by atomic mass is 9.61. The summed E-state index contributed by atoms with van der Waals surface area (Å²) >= 11 is 0. The zero-order valence-electron chi connectivity index (χ0n) is 10.5. The minimum Gasteiger partial charge on any atom is -0.447 e. The lowest BCUT2D eigenvalue weighted by molar-refractivity contribution is 0.0267. The quantitative estimate of drug-likeness (QED) is 0.691. The van der Waals surface area contributed by atoms with Crippen molar-refractivity contribution in [3.05, 3.63) is 11.5 Å². The predicted molar refractivity (Wildman–Crippen MR) is 64.3 cm³/mol. The number of ether oxygens (including phenoxy) is 1. The van der Waals surface area contributed by atoms with Gasteiger partial charge in [-0.2, -0.15) is 0 Å². The summed E-state index contributed by atoms with van der Waals surface area (Å²) in [6.07, 6.45) is 2.34. The molecule has 0 aromatic heterocycles. The third kappa shape index (κ3) is 3.89. The van der Waals surface area contributed by atoms with Gasteiger partial charge in [-0.25, -0.2) is 4.79 Å². The summed E-state index contributed by atoms with van der Waals surface area (Å²) in [5.74, 6) is 0. The van der Waals surface area contributed by atoms with Crippen LogP contribution in [0.3, 0.4) is 0 Å². The summed E-state index contributed by atoms with van der Waals surface area (Å²) in [7, 11) is 0. The molecule has 0 aromatic carbocycles. The van der Waals surface area contributed by atoms with E-state index in [0.29, 0.717) is 13.1 Å². The van der Waals surface area contributed by atoms with E-state index in [1.54, 1.807) is 11.7 Å². The first kappa shape index (κ1) is 13.1. The smallest absolute Gasteiger partial charge is 0.410 e. The summed E-state index contributed by atoms with van der Waals surface area (Å²) in [6, 6.07) is 0. The Balaban J connectivity index is 2.51. The average Bonchev–Trinajstić information content (AvgIpc) is 2.15. The van der Waals surface area contributed by atoms with Crippen molar-refractivity contribution < 1.29 is 14.6 Å². The molecule has 90 valence electrons. The van der Waals surface area contributed by atoms with Gasteiger partial charge in [-0.1, -0.05) is 18.4 Å². The fourth-order valence-corrected chi connectivity index (χ4v) is 1.56. The van der Waals surface area contributed by atoms with Crippen LogP contribution in [0.25, 0.3) is 0 Å². The molecule has 0 bridgehead atoms. The van der Waals surface area contributed by atoms with Crippen molar-refractivity contribution in [3.8, 4) is 0 Å². The molecule has 0 spiro atoms. The van der Waals surface area contributed by atoms with E-state index in [4.69, 9.17) is 4.74 Å². The molecule has 1 heterocycles. The van der Waals surface area contributed by atoms with Crippen molar-refractivity contribution in [1.82, 2.24) is 4.90 Å². The van der Waals surface area contributed by atoms with E-state index in [0.717, 1.165) is 11.9 Å². The Morgan fingerprint density at radius 3 is 2.56 bits per heavy atom. The standard InChI is InChI=1S/C11H20BNO3/c1-11(2,3)16-10(14)13-7-5-9(6-8-13)12(4)15/h5,15H,6-8H2,1-4H3. The van der Waals surface area contributed by atoms with Crippen molar-refractivity contribution >= 4 is 13.0 Å². The molecule has 0 fully saturated rings. The minimum atomic E-state index is -0.453. The van der Waals surface area contributed by atoms with Gasteiger partial charge in [0.05, 0.1) is 0 Å². The highest BCUT2D eigenvalue weighted by Crippen LogP contribution is 2.16. The number of hydrogen-bond acceptors (Lipinski definition) is 3. The molecule has 0 saturated carbocycles. The molecular formula is C11H20BNO3. The molecular weight excluding hydrogens is 205 g/mol. The second-order valence-corrected chi connectivity index (χ2v) is 5.13. The number of rotatable bonds is 1. The Labute approximate surface area is 97.4 Å². The molecule has 0 aromatic rings. The molecule has 16 heavy (non-hydrogen) atoms. The van der Waals surface area contributed by atoms with E-state index in [-0.39, 0.29) is 6.09 Å². The van der Waals surface area contributed by atoms with E-state index < -0.39 is 12.5 Å². The SMILES string of the molecule is CB(O)C1=CCN(C(=O)OC(C)(C)C)CC1. The topological polar surface area (TPSA) is 49.8 Å². The largest absolute Gasteiger partial charge is 0.447 e. The van der Waals surface area contributed by atoms with Gasteiger partial charge in [-0.3, -0.25) is 0 Å². The van der Waals surface area contributed by atoms with Gasteiger partial charge in [0.15, 0.2) is 0 Å². The zero-order chi connectivity index (χ0) is 12.3. The molecule has 1 aliphatic rings. The normalized spacial score (nSPS) is 16.8. The summed E-state index contributed by atoms with van der Waals surface area (Å²) in [5.41, 5.74) is 0.547. The van der Waals surface area contributed by atoms with Crippen LogP contribution >= 0.6 is 0 Å². The maximum atomic E-state index is 11.7. The monoisotopic (exact) mass is 225 g/mol. The Bertz CT molecular complexity index is 294. The Kier molecular flexibility index (Phi) is 4.02. The molecule has 1 aliphatic heterocycles. The highest BCUT2D eigenvalue weighted by atomic mass is 16.6. The number of carbonyl (C=O) groups excluding carboxylic acids is 1. The third-order valence-electron chi connectivity index (χ3n) is 2.43. The molecule has 0 saturated heterocycles. The fourth-order valence-electron chi connectivity index (χ4n) is 1.56. The average molecular weight is 225 g/mol. The van der Waals surface area contributed by atoms with Crippen LogP contribution in [0.5, 0.6) is 0 Å². The van der Waals surface area contributed by atoms with Crippen LogP contribution in [0.1, 0.15) is 27.2 Å².